The molecule has 3 nitrogen and oxygen atoms in total. The summed E-state index contributed by atoms with van der Waals surface area (Å²) in [7, 11) is 0. The molecule has 3 heteroatoms. The van der Waals surface area contributed by atoms with E-state index in [1.807, 2.05) is 19.1 Å². The van der Waals surface area contributed by atoms with Gasteiger partial charge >= 0.3 is 0 Å². The van der Waals surface area contributed by atoms with Crippen LogP contribution in [0.1, 0.15) is 58.9 Å². The molecule has 0 spiro atoms. The number of amides is 1. The summed E-state index contributed by atoms with van der Waals surface area (Å²) in [6.07, 6.45) is 0.967. The lowest BCUT2D eigenvalue weighted by Gasteiger charge is -2.18. The van der Waals surface area contributed by atoms with Crippen molar-refractivity contribution in [3.63, 3.8) is 0 Å². The van der Waals surface area contributed by atoms with Gasteiger partial charge in [0.2, 0.25) is 0 Å². The Labute approximate surface area is 145 Å². The third kappa shape index (κ3) is 4.38. The van der Waals surface area contributed by atoms with E-state index in [0.29, 0.717) is 12.2 Å². The van der Waals surface area contributed by atoms with Crippen LogP contribution in [-0.4, -0.2) is 12.5 Å². The van der Waals surface area contributed by atoms with Crippen LogP contribution in [0.5, 0.6) is 5.75 Å². The van der Waals surface area contributed by atoms with E-state index in [0.717, 1.165) is 17.7 Å². The van der Waals surface area contributed by atoms with Gasteiger partial charge in [-0.3, -0.25) is 4.79 Å². The van der Waals surface area contributed by atoms with Crippen molar-refractivity contribution < 1.29 is 9.53 Å². The first kappa shape index (κ1) is 18.1. The quantitative estimate of drug-likeness (QED) is 0.821. The summed E-state index contributed by atoms with van der Waals surface area (Å²) in [4.78, 5) is 12.5. The molecule has 0 aliphatic rings. The Balaban J connectivity index is 2.07. The highest BCUT2D eigenvalue weighted by Gasteiger charge is 2.14. The second kappa shape index (κ2) is 8.00. The minimum atomic E-state index is -0.0674. The molecule has 0 aliphatic heterocycles. The van der Waals surface area contributed by atoms with E-state index in [4.69, 9.17) is 4.74 Å². The van der Waals surface area contributed by atoms with Gasteiger partial charge in [-0.05, 0) is 80.6 Å². The highest BCUT2D eigenvalue weighted by atomic mass is 16.5. The molecule has 0 unspecified atom stereocenters. The smallest absolute Gasteiger partial charge is 0.251 e. The molecule has 0 fully saturated rings. The molecule has 2 rings (SSSR count). The third-order valence-electron chi connectivity index (χ3n) is 4.29. The van der Waals surface area contributed by atoms with Crippen LogP contribution in [0.3, 0.4) is 0 Å². The molecular formula is C21H27NO2. The highest BCUT2D eigenvalue weighted by molar-refractivity contribution is 5.94. The van der Waals surface area contributed by atoms with Crippen LogP contribution in [0.15, 0.2) is 36.4 Å². The van der Waals surface area contributed by atoms with E-state index in [1.165, 1.54) is 16.7 Å². The van der Waals surface area contributed by atoms with Crippen LogP contribution in [0, 0.1) is 20.8 Å². The zero-order chi connectivity index (χ0) is 17.7. The summed E-state index contributed by atoms with van der Waals surface area (Å²) in [5, 5.41) is 3.08. The van der Waals surface area contributed by atoms with E-state index >= 15 is 0 Å². The first-order valence-corrected chi connectivity index (χ1v) is 8.53. The number of hydrogen-bond acceptors (Lipinski definition) is 2. The first-order chi connectivity index (χ1) is 11.4. The Morgan fingerprint density at radius 3 is 2.29 bits per heavy atom. The molecule has 0 aliphatic carbocycles. The molecule has 24 heavy (non-hydrogen) atoms. The minimum absolute atomic E-state index is 0.0344. The molecule has 2 aromatic carbocycles. The molecular weight excluding hydrogens is 298 g/mol. The lowest BCUT2D eigenvalue weighted by molar-refractivity contribution is 0.0940. The standard InChI is InChI=1S/C21H27NO2/c1-6-11-24-19-9-7-18(8-10-19)21(23)22-17(5)20-13-15(3)14(2)12-16(20)4/h7-10,12-13,17H,6,11H2,1-5H3,(H,22,23)/t17-/m0/s1. The topological polar surface area (TPSA) is 38.3 Å². The predicted octanol–water partition coefficient (Wildman–Crippen LogP) is 4.89. The first-order valence-electron chi connectivity index (χ1n) is 8.53. The van der Waals surface area contributed by atoms with Gasteiger partial charge in [-0.15, -0.1) is 0 Å². The van der Waals surface area contributed by atoms with Crippen molar-refractivity contribution in [1.82, 2.24) is 5.32 Å². The molecule has 128 valence electrons. The normalized spacial score (nSPS) is 11.9. The van der Waals surface area contributed by atoms with Gasteiger partial charge in [-0.25, -0.2) is 0 Å². The van der Waals surface area contributed by atoms with Gasteiger partial charge in [0.25, 0.3) is 5.91 Å². The number of carbonyl (C=O) groups excluding carboxylic acids is 1. The summed E-state index contributed by atoms with van der Waals surface area (Å²) in [6, 6.07) is 11.6. The lowest BCUT2D eigenvalue weighted by atomic mass is 9.96. The fourth-order valence-corrected chi connectivity index (χ4v) is 2.73. The molecule has 1 atom stereocenters. The fourth-order valence-electron chi connectivity index (χ4n) is 2.73. The maximum Gasteiger partial charge on any atom is 0.251 e. The summed E-state index contributed by atoms with van der Waals surface area (Å²) >= 11 is 0. The summed E-state index contributed by atoms with van der Waals surface area (Å²) in [5.74, 6) is 0.730. The Morgan fingerprint density at radius 1 is 1.04 bits per heavy atom. The number of carbonyl (C=O) groups is 1. The van der Waals surface area contributed by atoms with Crippen molar-refractivity contribution in [2.45, 2.75) is 47.1 Å². The monoisotopic (exact) mass is 325 g/mol. The van der Waals surface area contributed by atoms with Crippen molar-refractivity contribution in [3.8, 4) is 5.75 Å². The third-order valence-corrected chi connectivity index (χ3v) is 4.29. The second-order valence-corrected chi connectivity index (χ2v) is 6.36. The molecule has 0 saturated heterocycles. The number of nitrogens with one attached hydrogen (secondary N) is 1. The number of hydrogen-bond donors (Lipinski definition) is 1. The maximum atomic E-state index is 12.5. The van der Waals surface area contributed by atoms with Crippen LogP contribution in [0.4, 0.5) is 0 Å². The molecule has 0 saturated carbocycles. The van der Waals surface area contributed by atoms with Crippen LogP contribution in [0.25, 0.3) is 0 Å². The zero-order valence-electron chi connectivity index (χ0n) is 15.3. The Morgan fingerprint density at radius 2 is 1.67 bits per heavy atom. The SMILES string of the molecule is CCCOc1ccc(C(=O)N[C@@H](C)c2cc(C)c(C)cc2C)cc1. The minimum Gasteiger partial charge on any atom is -0.494 e. The van der Waals surface area contributed by atoms with E-state index in [2.05, 4.69) is 45.1 Å². The average Bonchev–Trinajstić information content (AvgIpc) is 2.56. The van der Waals surface area contributed by atoms with Crippen molar-refractivity contribution in [3.05, 3.63) is 64.2 Å². The van der Waals surface area contributed by atoms with Gasteiger partial charge in [0.05, 0.1) is 12.6 Å². The van der Waals surface area contributed by atoms with Crippen molar-refractivity contribution in [2.24, 2.45) is 0 Å². The molecule has 2 aromatic rings. The number of benzene rings is 2. The second-order valence-electron chi connectivity index (χ2n) is 6.36. The van der Waals surface area contributed by atoms with E-state index < -0.39 is 0 Å². The molecule has 0 bridgehead atoms. The van der Waals surface area contributed by atoms with Gasteiger partial charge in [0.1, 0.15) is 5.75 Å². The van der Waals surface area contributed by atoms with Gasteiger partial charge in [-0.2, -0.15) is 0 Å². The van der Waals surface area contributed by atoms with E-state index in [-0.39, 0.29) is 11.9 Å². The molecule has 0 radical (unpaired) electrons. The van der Waals surface area contributed by atoms with Gasteiger partial charge in [0.15, 0.2) is 0 Å². The van der Waals surface area contributed by atoms with Gasteiger partial charge in [0, 0.05) is 5.56 Å². The van der Waals surface area contributed by atoms with Crippen LogP contribution in [-0.2, 0) is 0 Å². The summed E-state index contributed by atoms with van der Waals surface area (Å²) in [6.45, 7) is 11.1. The Hall–Kier alpha value is -2.29. The average molecular weight is 325 g/mol. The van der Waals surface area contributed by atoms with E-state index in [9.17, 15) is 4.79 Å². The molecule has 1 amide bonds. The number of aryl methyl sites for hydroxylation is 3. The largest absolute Gasteiger partial charge is 0.494 e. The van der Waals surface area contributed by atoms with Crippen molar-refractivity contribution in [2.75, 3.05) is 6.61 Å². The Bertz CT molecular complexity index is 705. The predicted molar refractivity (Wildman–Crippen MR) is 98.8 cm³/mol. The molecule has 0 heterocycles. The highest BCUT2D eigenvalue weighted by Crippen LogP contribution is 2.22. The fraction of sp³-hybridized carbons (Fsp3) is 0.381. The van der Waals surface area contributed by atoms with Crippen LogP contribution < -0.4 is 10.1 Å². The van der Waals surface area contributed by atoms with E-state index in [1.54, 1.807) is 12.1 Å². The maximum absolute atomic E-state index is 12.5. The molecule has 1 N–H and O–H groups in total. The van der Waals surface area contributed by atoms with Gasteiger partial charge < -0.3 is 10.1 Å². The van der Waals surface area contributed by atoms with Crippen LogP contribution >= 0.6 is 0 Å². The lowest BCUT2D eigenvalue weighted by Crippen LogP contribution is -2.27. The van der Waals surface area contributed by atoms with Crippen molar-refractivity contribution >= 4 is 5.91 Å². The van der Waals surface area contributed by atoms with Crippen molar-refractivity contribution in [1.29, 1.82) is 0 Å². The molecule has 0 aromatic heterocycles. The zero-order valence-corrected chi connectivity index (χ0v) is 15.3. The number of ether oxygens (including phenoxy) is 1. The Kier molecular flexibility index (Phi) is 6.02. The summed E-state index contributed by atoms with van der Waals surface area (Å²) in [5.41, 5.74) is 5.53. The van der Waals surface area contributed by atoms with Gasteiger partial charge in [-0.1, -0.05) is 19.1 Å². The van der Waals surface area contributed by atoms with Crippen LogP contribution in [0.2, 0.25) is 0 Å². The number of rotatable bonds is 6. The summed E-state index contributed by atoms with van der Waals surface area (Å²) < 4.78 is 5.55.